The number of nitrogens with zero attached hydrogens (tertiary/aromatic N) is 1. The first-order chi connectivity index (χ1) is 9.90. The van der Waals surface area contributed by atoms with Crippen LogP contribution in [0.1, 0.15) is 33.6 Å². The van der Waals surface area contributed by atoms with Crippen molar-refractivity contribution in [1.82, 2.24) is 4.90 Å². The smallest absolute Gasteiger partial charge is 0.335 e. The average molecular weight is 294 g/mol. The summed E-state index contributed by atoms with van der Waals surface area (Å²) in [6, 6.07) is 3.13. The zero-order valence-electron chi connectivity index (χ0n) is 11.2. The highest BCUT2D eigenvalue weighted by Crippen LogP contribution is 2.20. The third-order valence-corrected chi connectivity index (χ3v) is 3.56. The van der Waals surface area contributed by atoms with E-state index < -0.39 is 29.5 Å². The summed E-state index contributed by atoms with van der Waals surface area (Å²) in [4.78, 5) is 35.6. The summed E-state index contributed by atoms with van der Waals surface area (Å²) < 4.78 is 13.9. The molecule has 0 saturated carbocycles. The van der Waals surface area contributed by atoms with Gasteiger partial charge in [0.15, 0.2) is 0 Å². The molecule has 1 saturated heterocycles. The van der Waals surface area contributed by atoms with Crippen molar-refractivity contribution in [2.24, 2.45) is 11.7 Å². The first-order valence-corrected chi connectivity index (χ1v) is 6.51. The lowest BCUT2D eigenvalue weighted by atomic mass is 9.96. The van der Waals surface area contributed by atoms with Crippen molar-refractivity contribution >= 4 is 17.8 Å². The fourth-order valence-corrected chi connectivity index (χ4v) is 2.39. The fourth-order valence-electron chi connectivity index (χ4n) is 2.39. The van der Waals surface area contributed by atoms with Gasteiger partial charge in [-0.2, -0.15) is 0 Å². The zero-order chi connectivity index (χ0) is 15.6. The number of carbonyl (C=O) groups is 3. The Morgan fingerprint density at radius 1 is 1.33 bits per heavy atom. The summed E-state index contributed by atoms with van der Waals surface area (Å²) in [6.07, 6.45) is 1.23. The van der Waals surface area contributed by atoms with E-state index in [9.17, 15) is 18.8 Å². The van der Waals surface area contributed by atoms with Crippen molar-refractivity contribution < 1.29 is 23.9 Å². The molecule has 0 spiro atoms. The minimum absolute atomic E-state index is 0.161. The molecule has 0 aromatic heterocycles. The van der Waals surface area contributed by atoms with Crippen molar-refractivity contribution in [3.05, 3.63) is 35.1 Å². The first-order valence-electron chi connectivity index (χ1n) is 6.51. The molecule has 6 nitrogen and oxygen atoms in total. The van der Waals surface area contributed by atoms with Crippen LogP contribution in [0.2, 0.25) is 0 Å². The number of primary amides is 1. The SMILES string of the molecule is NC(=O)C1CCCN(C(=O)c2ccc(C(=O)O)cc2F)C1. The summed E-state index contributed by atoms with van der Waals surface area (Å²) in [5.74, 6) is -3.62. The van der Waals surface area contributed by atoms with Gasteiger partial charge in [-0.25, -0.2) is 9.18 Å². The van der Waals surface area contributed by atoms with E-state index in [-0.39, 0.29) is 17.7 Å². The number of benzene rings is 1. The molecule has 3 N–H and O–H groups in total. The maximum atomic E-state index is 13.9. The molecule has 1 fully saturated rings. The minimum atomic E-state index is -1.26. The summed E-state index contributed by atoms with van der Waals surface area (Å²) in [7, 11) is 0. The first kappa shape index (κ1) is 15.0. The molecule has 0 radical (unpaired) electrons. The Balaban J connectivity index is 2.20. The monoisotopic (exact) mass is 294 g/mol. The van der Waals surface area contributed by atoms with Gasteiger partial charge in [0.05, 0.1) is 17.0 Å². The van der Waals surface area contributed by atoms with Crippen molar-refractivity contribution in [2.75, 3.05) is 13.1 Å². The average Bonchev–Trinajstić information content (AvgIpc) is 2.46. The molecule has 21 heavy (non-hydrogen) atoms. The van der Waals surface area contributed by atoms with Crippen LogP contribution in [0.25, 0.3) is 0 Å². The number of hydrogen-bond donors (Lipinski definition) is 2. The van der Waals surface area contributed by atoms with Gasteiger partial charge in [0.1, 0.15) is 5.82 Å². The predicted molar refractivity (Wildman–Crippen MR) is 71.2 cm³/mol. The molecule has 1 unspecified atom stereocenters. The van der Waals surface area contributed by atoms with Gasteiger partial charge in [0, 0.05) is 13.1 Å². The van der Waals surface area contributed by atoms with Crippen LogP contribution < -0.4 is 5.73 Å². The van der Waals surface area contributed by atoms with Crippen LogP contribution in [0.15, 0.2) is 18.2 Å². The molecule has 112 valence electrons. The maximum Gasteiger partial charge on any atom is 0.335 e. The Kier molecular flexibility index (Phi) is 4.21. The van der Waals surface area contributed by atoms with Gasteiger partial charge in [-0.05, 0) is 31.0 Å². The van der Waals surface area contributed by atoms with E-state index in [1.807, 2.05) is 0 Å². The van der Waals surface area contributed by atoms with E-state index in [0.717, 1.165) is 12.1 Å². The second kappa shape index (κ2) is 5.90. The Hall–Kier alpha value is -2.44. The number of aromatic carboxylic acids is 1. The van der Waals surface area contributed by atoms with E-state index in [2.05, 4.69) is 0 Å². The topological polar surface area (TPSA) is 101 Å². The zero-order valence-corrected chi connectivity index (χ0v) is 11.2. The van der Waals surface area contributed by atoms with E-state index >= 15 is 0 Å². The van der Waals surface area contributed by atoms with E-state index in [0.29, 0.717) is 19.4 Å². The number of rotatable bonds is 3. The second-order valence-electron chi connectivity index (χ2n) is 4.99. The largest absolute Gasteiger partial charge is 0.478 e. The highest BCUT2D eigenvalue weighted by atomic mass is 19.1. The number of likely N-dealkylation sites (tertiary alicyclic amines) is 1. The van der Waals surface area contributed by atoms with Gasteiger partial charge < -0.3 is 15.7 Å². The fraction of sp³-hybridized carbons (Fsp3) is 0.357. The Morgan fingerprint density at radius 2 is 2.05 bits per heavy atom. The highest BCUT2D eigenvalue weighted by molar-refractivity contribution is 5.96. The molecule has 0 aliphatic carbocycles. The summed E-state index contributed by atoms with van der Waals surface area (Å²) in [5, 5.41) is 8.77. The molecule has 1 aliphatic rings. The predicted octanol–water partition coefficient (Wildman–Crippen LogP) is 0.861. The summed E-state index contributed by atoms with van der Waals surface area (Å²) >= 11 is 0. The van der Waals surface area contributed by atoms with Crippen molar-refractivity contribution in [1.29, 1.82) is 0 Å². The molecule has 0 bridgehead atoms. The van der Waals surface area contributed by atoms with E-state index in [4.69, 9.17) is 10.8 Å². The molecule has 7 heteroatoms. The number of piperidine rings is 1. The van der Waals surface area contributed by atoms with Crippen molar-refractivity contribution in [2.45, 2.75) is 12.8 Å². The van der Waals surface area contributed by atoms with E-state index in [1.54, 1.807) is 0 Å². The number of hydrogen-bond acceptors (Lipinski definition) is 3. The quantitative estimate of drug-likeness (QED) is 0.863. The number of halogens is 1. The lowest BCUT2D eigenvalue weighted by molar-refractivity contribution is -0.123. The van der Waals surface area contributed by atoms with Crippen LogP contribution in [0.5, 0.6) is 0 Å². The van der Waals surface area contributed by atoms with Gasteiger partial charge >= 0.3 is 5.97 Å². The molecule has 1 aromatic carbocycles. The normalized spacial score (nSPS) is 18.3. The van der Waals surface area contributed by atoms with Crippen LogP contribution in [0, 0.1) is 11.7 Å². The van der Waals surface area contributed by atoms with E-state index in [1.165, 1.54) is 11.0 Å². The van der Waals surface area contributed by atoms with Crippen LogP contribution in [0.3, 0.4) is 0 Å². The maximum absolute atomic E-state index is 13.9. The molecule has 1 aliphatic heterocycles. The van der Waals surface area contributed by atoms with Gasteiger partial charge in [-0.3, -0.25) is 9.59 Å². The molecule has 1 heterocycles. The molecular formula is C14H15FN2O4. The van der Waals surface area contributed by atoms with Gasteiger partial charge in [-0.1, -0.05) is 0 Å². The highest BCUT2D eigenvalue weighted by Gasteiger charge is 2.28. The van der Waals surface area contributed by atoms with Crippen molar-refractivity contribution in [3.63, 3.8) is 0 Å². The third-order valence-electron chi connectivity index (χ3n) is 3.56. The number of nitrogens with two attached hydrogens (primary N) is 1. The Labute approximate surface area is 120 Å². The number of amides is 2. The van der Waals surface area contributed by atoms with Crippen molar-refractivity contribution in [3.8, 4) is 0 Å². The molecule has 2 amide bonds. The molecule has 1 aromatic rings. The minimum Gasteiger partial charge on any atom is -0.478 e. The van der Waals surface area contributed by atoms with Crippen LogP contribution >= 0.6 is 0 Å². The second-order valence-corrected chi connectivity index (χ2v) is 4.99. The van der Waals surface area contributed by atoms with Crippen LogP contribution in [-0.4, -0.2) is 40.9 Å². The summed E-state index contributed by atoms with van der Waals surface area (Å²) in [6.45, 7) is 0.580. The van der Waals surface area contributed by atoms with Crippen LogP contribution in [-0.2, 0) is 4.79 Å². The summed E-state index contributed by atoms with van der Waals surface area (Å²) in [5.41, 5.74) is 4.81. The van der Waals surface area contributed by atoms with Gasteiger partial charge in [0.2, 0.25) is 5.91 Å². The molecule has 2 rings (SSSR count). The lowest BCUT2D eigenvalue weighted by Gasteiger charge is -2.31. The molecular weight excluding hydrogens is 279 g/mol. The standard InChI is InChI=1S/C14H15FN2O4/c15-11-6-8(14(20)21)3-4-10(11)13(19)17-5-1-2-9(7-17)12(16)18/h3-4,6,9H,1-2,5,7H2,(H2,16,18)(H,20,21). The Bertz CT molecular complexity index is 603. The van der Waals surface area contributed by atoms with Crippen LogP contribution in [0.4, 0.5) is 4.39 Å². The Morgan fingerprint density at radius 3 is 2.62 bits per heavy atom. The van der Waals surface area contributed by atoms with Gasteiger partial charge in [-0.15, -0.1) is 0 Å². The lowest BCUT2D eigenvalue weighted by Crippen LogP contribution is -2.44. The number of carbonyl (C=O) groups excluding carboxylic acids is 2. The van der Waals surface area contributed by atoms with Gasteiger partial charge in [0.25, 0.3) is 5.91 Å². The number of carboxylic acids is 1. The number of carboxylic acid groups (broad SMARTS) is 1. The third kappa shape index (κ3) is 3.18. The molecule has 1 atom stereocenters.